The highest BCUT2D eigenvalue weighted by atomic mass is 31.2. The average Bonchev–Trinajstić information content (AvgIpc) is 3.57. The Kier molecular flexibility index (Phi) is 18.1. The second-order valence-corrected chi connectivity index (χ2v) is 16.8. The Morgan fingerprint density at radius 3 is 2.31 bits per heavy atom. The molecule has 3 amide bonds. The highest BCUT2D eigenvalue weighted by Gasteiger charge is 2.55. The van der Waals surface area contributed by atoms with E-state index in [9.17, 15) is 43.2 Å². The minimum atomic E-state index is -3.69. The van der Waals surface area contributed by atoms with Gasteiger partial charge in [0.2, 0.25) is 17.8 Å². The van der Waals surface area contributed by atoms with E-state index in [1.54, 1.807) is 32.9 Å². The van der Waals surface area contributed by atoms with E-state index in [0.717, 1.165) is 5.56 Å². The normalized spacial score (nSPS) is 17.8. The zero-order valence-corrected chi connectivity index (χ0v) is 37.4. The number of hydrogen-bond donors (Lipinski definition) is 6. The van der Waals surface area contributed by atoms with E-state index in [1.807, 2.05) is 35.2 Å². The van der Waals surface area contributed by atoms with Crippen LogP contribution in [0.15, 0.2) is 65.6 Å². The van der Waals surface area contributed by atoms with Crippen LogP contribution in [0, 0.1) is 11.8 Å². The zero-order valence-electron chi connectivity index (χ0n) is 36.5. The Morgan fingerprint density at radius 2 is 1.66 bits per heavy atom. The summed E-state index contributed by atoms with van der Waals surface area (Å²) in [6.07, 6.45) is 2.75. The Labute approximate surface area is 374 Å². The van der Waals surface area contributed by atoms with Crippen LogP contribution in [0.1, 0.15) is 75.0 Å². The first-order valence-corrected chi connectivity index (χ1v) is 22.6. The topological polar surface area (TPSA) is 290 Å². The van der Waals surface area contributed by atoms with Crippen molar-refractivity contribution < 1.29 is 52.0 Å². The molecule has 2 aromatic carbocycles. The predicted octanol–water partition coefficient (Wildman–Crippen LogP) is 3.61. The number of phosphoric ester groups is 1. The third-order valence-corrected chi connectivity index (χ3v) is 12.2. The van der Waals surface area contributed by atoms with Crippen LogP contribution < -0.4 is 26.8 Å². The number of fused-ring (bicyclic) bond motifs is 1. The van der Waals surface area contributed by atoms with Crippen LogP contribution >= 0.6 is 7.82 Å². The van der Waals surface area contributed by atoms with Crippen molar-refractivity contribution in [1.29, 1.82) is 0 Å². The summed E-state index contributed by atoms with van der Waals surface area (Å²) in [5.74, 6) is -5.85. The minimum Gasteiger partial charge on any atom is -0.480 e. The second-order valence-electron chi connectivity index (χ2n) is 15.1. The van der Waals surface area contributed by atoms with E-state index in [4.69, 9.17) is 13.6 Å². The van der Waals surface area contributed by atoms with Crippen LogP contribution in [0.3, 0.4) is 0 Å². The summed E-state index contributed by atoms with van der Waals surface area (Å²) in [5, 5.41) is 20.4. The number of carboxylic acids is 1. The highest BCUT2D eigenvalue weighted by Crippen LogP contribution is 2.49. The number of nitrogens with zero attached hydrogens (tertiary/aromatic N) is 4. The Balaban J connectivity index is 1.27. The molecule has 1 fully saturated rings. The van der Waals surface area contributed by atoms with Crippen molar-refractivity contribution in [3.05, 3.63) is 88.0 Å². The van der Waals surface area contributed by atoms with Crippen LogP contribution in [0.2, 0.25) is 0 Å². The lowest BCUT2D eigenvalue weighted by atomic mass is 9.84. The van der Waals surface area contributed by atoms with E-state index in [0.29, 0.717) is 30.5 Å². The highest BCUT2D eigenvalue weighted by molar-refractivity contribution is 7.48. The number of Topliss-reactive ketones (excluding diaryl/α,β-unsaturated/α-hetero) is 1. The number of hydrogen-bond acceptors (Lipinski definition) is 16. The van der Waals surface area contributed by atoms with Crippen molar-refractivity contribution in [2.24, 2.45) is 11.8 Å². The molecule has 1 saturated heterocycles. The zero-order chi connectivity index (χ0) is 47.1. The fourth-order valence-corrected chi connectivity index (χ4v) is 8.71. The van der Waals surface area contributed by atoms with Gasteiger partial charge in [0.1, 0.15) is 18.1 Å². The summed E-state index contributed by atoms with van der Waals surface area (Å²) in [7, 11) is -3.69. The molecular formula is C43H54N9O12P. The number of aliphatic carboxylic acids is 1. The minimum absolute atomic E-state index is 0.0169. The molecule has 5 rings (SSSR count). The molecule has 0 aliphatic carbocycles. The first-order chi connectivity index (χ1) is 31.2. The van der Waals surface area contributed by atoms with Crippen molar-refractivity contribution in [1.82, 2.24) is 35.5 Å². The molecule has 1 aliphatic heterocycles. The van der Waals surface area contributed by atoms with Crippen molar-refractivity contribution in [3.63, 3.8) is 0 Å². The number of anilines is 2. The quantitative estimate of drug-likeness (QED) is 0.0314. The summed E-state index contributed by atoms with van der Waals surface area (Å²) >= 11 is 0. The molecule has 0 bridgehead atoms. The number of phosphoric acid groups is 1. The number of benzene rings is 2. The number of rotatable bonds is 25. The number of carbonyl (C=O) groups excluding carboxylic acids is 5. The van der Waals surface area contributed by atoms with E-state index in [1.165, 1.54) is 25.3 Å². The standard InChI is InChI=1S/C43H54N9O12P/c1-5-62-65(61,63-6-2)64-22-11-10-20-44-39(56)33-26(3)52(25-28-13-8-7-9-14-28)36(27(4)54)34(33)40(57)50-43-49-37-35(41(58)51-43)47-31(24-46-37)23-45-30-18-16-29(17-19-30)38(55)48-32(42(59)60)15-12-21-53/h7-9,13-14,16-19,21,24,26,32-34,36,45H,5-6,10-12,15,20,22-23,25H2,1-4H3,(H,44,56)(H,48,55)(H,59,60)(H2,46,49,50,51,57,58). The van der Waals surface area contributed by atoms with E-state index < -0.39 is 67.0 Å². The van der Waals surface area contributed by atoms with Crippen LogP contribution in [0.25, 0.3) is 11.2 Å². The first kappa shape index (κ1) is 49.8. The number of carboxylic acid groups (broad SMARTS) is 1. The SMILES string of the molecule is CCOP(=O)(OCC)OCCCCNC(=O)C1C(C(=O)Nc2nc3ncc(CNc4ccc(C(=O)NC(CCC=O)C(=O)O)cc4)nc3c(=O)[nH]2)C(C(C)=O)N(Cc2ccccc2)C1C. The Bertz CT molecular complexity index is 2410. The molecular weight excluding hydrogens is 865 g/mol. The summed E-state index contributed by atoms with van der Waals surface area (Å²) in [6, 6.07) is 12.7. The number of nitrogens with one attached hydrogen (secondary N) is 5. The van der Waals surface area contributed by atoms with Gasteiger partial charge in [0.25, 0.3) is 11.5 Å². The summed E-state index contributed by atoms with van der Waals surface area (Å²) < 4.78 is 28.3. The van der Waals surface area contributed by atoms with Gasteiger partial charge in [-0.25, -0.2) is 19.3 Å². The van der Waals surface area contributed by atoms with Gasteiger partial charge in [0.05, 0.1) is 56.1 Å². The molecule has 0 saturated carbocycles. The molecule has 21 nitrogen and oxygen atoms in total. The smallest absolute Gasteiger partial charge is 0.474 e. The maximum atomic E-state index is 14.3. The number of aldehydes is 1. The fourth-order valence-electron chi connectivity index (χ4n) is 7.50. The number of carbonyl (C=O) groups is 6. The van der Waals surface area contributed by atoms with E-state index >= 15 is 0 Å². The van der Waals surface area contributed by atoms with Gasteiger partial charge in [0, 0.05) is 36.8 Å². The predicted molar refractivity (Wildman–Crippen MR) is 236 cm³/mol. The lowest BCUT2D eigenvalue weighted by Gasteiger charge is -2.28. The molecule has 4 aromatic rings. The average molecular weight is 920 g/mol. The number of ketones is 1. The summed E-state index contributed by atoms with van der Waals surface area (Å²) in [4.78, 5) is 107. The maximum Gasteiger partial charge on any atom is 0.474 e. The number of aromatic nitrogens is 4. The molecule has 6 N–H and O–H groups in total. The summed E-state index contributed by atoms with van der Waals surface area (Å²) in [6.45, 7) is 7.40. The van der Waals surface area contributed by atoms with Gasteiger partial charge in [-0.1, -0.05) is 30.3 Å². The van der Waals surface area contributed by atoms with Gasteiger partial charge in [0.15, 0.2) is 11.2 Å². The van der Waals surface area contributed by atoms with Crippen LogP contribution in [0.5, 0.6) is 0 Å². The first-order valence-electron chi connectivity index (χ1n) is 21.2. The molecule has 2 aromatic heterocycles. The van der Waals surface area contributed by atoms with Crippen molar-refractivity contribution in [2.75, 3.05) is 37.0 Å². The van der Waals surface area contributed by atoms with Gasteiger partial charge in [-0.15, -0.1) is 0 Å². The monoisotopic (exact) mass is 919 g/mol. The maximum absolute atomic E-state index is 14.3. The third-order valence-electron chi connectivity index (χ3n) is 10.6. The lowest BCUT2D eigenvalue weighted by molar-refractivity contribution is -0.139. The number of aromatic amines is 1. The Morgan fingerprint density at radius 1 is 0.954 bits per heavy atom. The van der Waals surface area contributed by atoms with Crippen LogP contribution in [-0.4, -0.2) is 110 Å². The lowest BCUT2D eigenvalue weighted by Crippen LogP contribution is -2.45. The number of likely N-dealkylation sites (tertiary alicyclic amines) is 1. The molecule has 5 atom stereocenters. The fraction of sp³-hybridized carbons (Fsp3) is 0.442. The Hall–Kier alpha value is -6.25. The van der Waals surface area contributed by atoms with Crippen molar-refractivity contribution in [2.45, 2.75) is 84.6 Å². The molecule has 0 radical (unpaired) electrons. The number of H-pyrrole nitrogens is 1. The van der Waals surface area contributed by atoms with Gasteiger partial charge in [-0.05, 0) is 76.8 Å². The van der Waals surface area contributed by atoms with Gasteiger partial charge in [-0.3, -0.25) is 52.7 Å². The molecule has 1 aliphatic rings. The molecule has 348 valence electrons. The summed E-state index contributed by atoms with van der Waals surface area (Å²) in [5.41, 5.74) is 1.07. The largest absolute Gasteiger partial charge is 0.480 e. The van der Waals surface area contributed by atoms with Gasteiger partial charge >= 0.3 is 13.8 Å². The van der Waals surface area contributed by atoms with Gasteiger partial charge < -0.3 is 25.9 Å². The van der Waals surface area contributed by atoms with Crippen LogP contribution in [0.4, 0.5) is 11.6 Å². The number of amides is 3. The molecule has 0 spiro atoms. The van der Waals surface area contributed by atoms with Crippen molar-refractivity contribution >= 4 is 66.4 Å². The van der Waals surface area contributed by atoms with Crippen LogP contribution in [-0.2, 0) is 55.2 Å². The third kappa shape index (κ3) is 13.4. The molecule has 65 heavy (non-hydrogen) atoms. The molecule has 22 heteroatoms. The van der Waals surface area contributed by atoms with E-state index in [-0.39, 0.29) is 80.8 Å². The van der Waals surface area contributed by atoms with Crippen molar-refractivity contribution in [3.8, 4) is 0 Å². The molecule has 5 unspecified atom stereocenters. The molecule has 3 heterocycles. The number of unbranched alkanes of at least 4 members (excludes halogenated alkanes) is 1. The van der Waals surface area contributed by atoms with Gasteiger partial charge in [-0.2, -0.15) is 4.98 Å². The van der Waals surface area contributed by atoms with E-state index in [2.05, 4.69) is 41.2 Å². The second kappa shape index (κ2) is 23.6.